The van der Waals surface area contributed by atoms with Crippen LogP contribution in [0.5, 0.6) is 5.75 Å². The Bertz CT molecular complexity index is 1640. The molecule has 51 heavy (non-hydrogen) atoms. The van der Waals surface area contributed by atoms with Crippen molar-refractivity contribution < 1.29 is 24.5 Å². The maximum Gasteiger partial charge on any atom is 0.334 e. The predicted octanol–water partition coefficient (Wildman–Crippen LogP) is 9.01. The Morgan fingerprint density at radius 1 is 0.804 bits per heavy atom. The van der Waals surface area contributed by atoms with Crippen molar-refractivity contribution >= 4 is 24.6 Å². The number of carboxylic acid groups (broad SMARTS) is 2. The van der Waals surface area contributed by atoms with E-state index in [0.29, 0.717) is 45.8 Å². The van der Waals surface area contributed by atoms with Crippen molar-refractivity contribution in [1.82, 2.24) is 4.90 Å². The molecule has 2 aliphatic heterocycles. The van der Waals surface area contributed by atoms with Crippen molar-refractivity contribution in [3.8, 4) is 5.75 Å². The van der Waals surface area contributed by atoms with Gasteiger partial charge in [-0.2, -0.15) is 0 Å². The summed E-state index contributed by atoms with van der Waals surface area (Å²) in [7, 11) is 0. The number of para-hydroxylation sites is 2. The van der Waals surface area contributed by atoms with Crippen LogP contribution in [0.2, 0.25) is 0 Å². The average molecular weight is 718 g/mol. The Labute approximate surface area is 310 Å². The summed E-state index contributed by atoms with van der Waals surface area (Å²) in [6, 6.07) is 13.2. The Morgan fingerprint density at radius 3 is 1.86 bits per heavy atom. The fourth-order valence-electron chi connectivity index (χ4n) is 7.60. The van der Waals surface area contributed by atoms with Crippen LogP contribution in [0.25, 0.3) is 0 Å². The number of carboxylic acids is 2. The molecule has 278 valence electrons. The maximum absolute atomic E-state index is 13.2. The topological polar surface area (TPSA) is 112 Å². The lowest BCUT2D eigenvalue weighted by Crippen LogP contribution is -2.40. The van der Waals surface area contributed by atoms with E-state index in [1.54, 1.807) is 18.7 Å². The first-order valence-electron chi connectivity index (χ1n) is 19.1. The molecule has 8 nitrogen and oxygen atoms in total. The van der Waals surface area contributed by atoms with Crippen LogP contribution in [0.15, 0.2) is 75.0 Å². The molecule has 4 rings (SSSR count). The SMILES string of the molecule is CCCCCCCCCCC(C)CCCCc1cccc(OC(C)C)c1C1C(C(=O)O)=C(C)N(CC2(S)N=c3ccccc3=N2)C(C)=C1C(=O)O. The van der Waals surface area contributed by atoms with E-state index in [9.17, 15) is 19.8 Å². The average Bonchev–Trinajstić information content (AvgIpc) is 3.41. The molecule has 0 radical (unpaired) electrons. The Kier molecular flexibility index (Phi) is 14.8. The van der Waals surface area contributed by atoms with Crippen LogP contribution in [0, 0.1) is 5.92 Å². The van der Waals surface area contributed by atoms with E-state index in [1.165, 1.54) is 57.8 Å². The number of aliphatic carboxylic acids is 2. The summed E-state index contributed by atoms with van der Waals surface area (Å²) in [6.07, 6.45) is 15.5. The summed E-state index contributed by atoms with van der Waals surface area (Å²) < 4.78 is 6.30. The number of unbranched alkanes of at least 4 members (excludes halogenated alkanes) is 8. The molecule has 2 heterocycles. The second-order valence-electron chi connectivity index (χ2n) is 14.7. The number of thiol groups is 1. The number of hydrogen-bond donors (Lipinski definition) is 3. The number of allylic oxidation sites excluding steroid dienone is 2. The van der Waals surface area contributed by atoms with Crippen molar-refractivity contribution in [2.75, 3.05) is 6.54 Å². The molecule has 2 aliphatic rings. The highest BCUT2D eigenvalue weighted by Gasteiger charge is 2.43. The minimum atomic E-state index is -1.22. The van der Waals surface area contributed by atoms with E-state index in [4.69, 9.17) is 27.4 Å². The minimum absolute atomic E-state index is 0.00508. The largest absolute Gasteiger partial charge is 0.491 e. The predicted molar refractivity (Wildman–Crippen MR) is 207 cm³/mol. The Morgan fingerprint density at radius 2 is 1.33 bits per heavy atom. The van der Waals surface area contributed by atoms with Gasteiger partial charge in [0.25, 0.3) is 0 Å². The van der Waals surface area contributed by atoms with Gasteiger partial charge in [0, 0.05) is 17.0 Å². The van der Waals surface area contributed by atoms with Crippen LogP contribution >= 0.6 is 12.6 Å². The molecule has 2 aromatic rings. The molecule has 9 heteroatoms. The van der Waals surface area contributed by atoms with Crippen molar-refractivity contribution in [2.24, 2.45) is 15.9 Å². The maximum atomic E-state index is 13.2. The number of fused-ring (bicyclic) bond motifs is 1. The van der Waals surface area contributed by atoms with Crippen LogP contribution in [0.3, 0.4) is 0 Å². The summed E-state index contributed by atoms with van der Waals surface area (Å²) in [5.74, 6) is -2.22. The normalized spacial score (nSPS) is 16.3. The monoisotopic (exact) mass is 717 g/mol. The lowest BCUT2D eigenvalue weighted by atomic mass is 9.76. The quantitative estimate of drug-likeness (QED) is 0.0878. The molecular weight excluding hydrogens is 659 g/mol. The molecule has 0 aromatic heterocycles. The van der Waals surface area contributed by atoms with Crippen LogP contribution in [-0.2, 0) is 16.0 Å². The zero-order chi connectivity index (χ0) is 37.1. The van der Waals surface area contributed by atoms with Gasteiger partial charge in [0.05, 0.1) is 40.4 Å². The van der Waals surface area contributed by atoms with Crippen LogP contribution in [-0.4, -0.2) is 44.7 Å². The van der Waals surface area contributed by atoms with Gasteiger partial charge >= 0.3 is 11.9 Å². The number of benzene rings is 2. The van der Waals surface area contributed by atoms with Gasteiger partial charge in [-0.15, -0.1) is 12.6 Å². The third-order valence-corrected chi connectivity index (χ3v) is 10.6. The minimum Gasteiger partial charge on any atom is -0.491 e. The molecule has 0 spiro atoms. The van der Waals surface area contributed by atoms with Crippen molar-refractivity contribution in [1.29, 1.82) is 0 Å². The molecule has 1 atom stereocenters. The summed E-state index contributed by atoms with van der Waals surface area (Å²) in [5, 5.41) is 23.0. The van der Waals surface area contributed by atoms with Crippen molar-refractivity contribution in [3.05, 3.63) is 86.8 Å². The summed E-state index contributed by atoms with van der Waals surface area (Å²) in [5.41, 5.74) is 2.42. The highest BCUT2D eigenvalue weighted by molar-refractivity contribution is 7.81. The first-order chi connectivity index (χ1) is 24.4. The van der Waals surface area contributed by atoms with Crippen LogP contribution in [0.4, 0.5) is 0 Å². The van der Waals surface area contributed by atoms with Gasteiger partial charge in [-0.1, -0.05) is 109 Å². The fourth-order valence-corrected chi connectivity index (χ4v) is 7.96. The summed E-state index contributed by atoms with van der Waals surface area (Å²) in [6.45, 7) is 12.0. The first-order valence-corrected chi connectivity index (χ1v) is 19.5. The smallest absolute Gasteiger partial charge is 0.334 e. The first kappa shape index (κ1) is 40.2. The van der Waals surface area contributed by atoms with E-state index >= 15 is 0 Å². The fraction of sp³-hybridized carbons (Fsp3) is 0.571. The third kappa shape index (κ3) is 10.5. The second-order valence-corrected chi connectivity index (χ2v) is 15.4. The number of carbonyl (C=O) groups is 2. The number of rotatable bonds is 21. The van der Waals surface area contributed by atoms with Gasteiger partial charge in [0.2, 0.25) is 4.99 Å². The molecule has 1 unspecified atom stereocenters. The third-order valence-electron chi connectivity index (χ3n) is 10.2. The zero-order valence-corrected chi connectivity index (χ0v) is 32.5. The molecule has 0 fully saturated rings. The van der Waals surface area contributed by atoms with Gasteiger partial charge in [0.15, 0.2) is 0 Å². The number of ether oxygens (including phenoxy) is 1. The Hall–Kier alpha value is -3.59. The second kappa shape index (κ2) is 18.8. The number of nitrogens with zero attached hydrogens (tertiary/aromatic N) is 3. The zero-order valence-electron chi connectivity index (χ0n) is 31.6. The van der Waals surface area contributed by atoms with E-state index in [2.05, 4.69) is 13.8 Å². The Balaban J connectivity index is 1.58. The van der Waals surface area contributed by atoms with Gasteiger partial charge in [0.1, 0.15) is 5.75 Å². The van der Waals surface area contributed by atoms with E-state index in [-0.39, 0.29) is 23.8 Å². The standard InChI is InChI=1S/C42H59N3O5S/c1-7-8-9-10-11-12-13-14-20-29(4)21-15-16-22-32-23-19-26-35(50-28(2)3)38(32)39-36(40(46)47)30(5)45(31(6)37(39)41(48)49)27-42(51)43-33-24-17-18-25-34(33)44-42/h17-19,23-26,28-29,39,51H,7-16,20-22,27H2,1-6H3,(H,46,47)(H,48,49). The molecule has 0 saturated carbocycles. The van der Waals surface area contributed by atoms with Crippen LogP contribution in [0.1, 0.15) is 136 Å². The highest BCUT2D eigenvalue weighted by Crippen LogP contribution is 2.47. The molecular formula is C42H59N3O5S. The highest BCUT2D eigenvalue weighted by atomic mass is 32.1. The van der Waals surface area contributed by atoms with E-state index < -0.39 is 22.9 Å². The van der Waals surface area contributed by atoms with Gasteiger partial charge in [-0.25, -0.2) is 19.6 Å². The molecule has 0 amide bonds. The molecule has 2 aromatic carbocycles. The lowest BCUT2D eigenvalue weighted by molar-refractivity contribution is -0.133. The molecule has 2 N–H and O–H groups in total. The molecule has 0 aliphatic carbocycles. The number of aryl methyl sites for hydroxylation is 1. The van der Waals surface area contributed by atoms with Gasteiger partial charge in [-0.05, 0) is 70.2 Å². The number of hydrogen-bond acceptors (Lipinski definition) is 7. The van der Waals surface area contributed by atoms with E-state index in [1.807, 2.05) is 56.3 Å². The van der Waals surface area contributed by atoms with Gasteiger partial charge in [-0.3, -0.25) is 0 Å². The van der Waals surface area contributed by atoms with Crippen molar-refractivity contribution in [3.63, 3.8) is 0 Å². The van der Waals surface area contributed by atoms with Crippen molar-refractivity contribution in [2.45, 2.75) is 142 Å². The summed E-state index contributed by atoms with van der Waals surface area (Å²) >= 11 is 4.81. The summed E-state index contributed by atoms with van der Waals surface area (Å²) in [4.78, 5) is 36.4. The van der Waals surface area contributed by atoms with Gasteiger partial charge < -0.3 is 19.8 Å². The van der Waals surface area contributed by atoms with E-state index in [0.717, 1.165) is 24.8 Å². The van der Waals surface area contributed by atoms with Crippen LogP contribution < -0.4 is 15.5 Å². The lowest BCUT2D eigenvalue weighted by Gasteiger charge is -2.39. The molecule has 0 bridgehead atoms. The molecule has 0 saturated heterocycles.